The molecule has 5 heteroatoms. The van der Waals surface area contributed by atoms with Crippen LogP contribution in [0.15, 0.2) is 23.6 Å². The zero-order chi connectivity index (χ0) is 10.1. The van der Waals surface area contributed by atoms with Gasteiger partial charge in [0.15, 0.2) is 0 Å². The maximum absolute atomic E-state index is 10.5. The molecule has 0 radical (unpaired) electrons. The van der Waals surface area contributed by atoms with Crippen molar-refractivity contribution in [3.05, 3.63) is 33.7 Å². The van der Waals surface area contributed by atoms with Crippen LogP contribution >= 0.6 is 11.3 Å². The predicted molar refractivity (Wildman–Crippen MR) is 55.0 cm³/mol. The molecule has 4 nitrogen and oxygen atoms in total. The van der Waals surface area contributed by atoms with Gasteiger partial charge in [-0.25, -0.2) is 0 Å². The molecular formula is C9H7NO3S. The topological polar surface area (TPSA) is 52.4 Å². The van der Waals surface area contributed by atoms with E-state index < -0.39 is 4.92 Å². The van der Waals surface area contributed by atoms with E-state index in [-0.39, 0.29) is 5.69 Å². The number of ether oxygens (including phenoxy) is 1. The normalized spacial score (nSPS) is 10.4. The lowest BCUT2D eigenvalue weighted by Gasteiger charge is -1.95. The van der Waals surface area contributed by atoms with Gasteiger partial charge in [-0.3, -0.25) is 10.1 Å². The van der Waals surface area contributed by atoms with Crippen LogP contribution in [0.3, 0.4) is 0 Å². The summed E-state index contributed by atoms with van der Waals surface area (Å²) in [6.45, 7) is 0. The van der Waals surface area contributed by atoms with Crippen molar-refractivity contribution in [2.45, 2.75) is 0 Å². The predicted octanol–water partition coefficient (Wildman–Crippen LogP) is 2.82. The minimum Gasteiger partial charge on any atom is -0.495 e. The van der Waals surface area contributed by atoms with Crippen LogP contribution in [0.4, 0.5) is 5.69 Å². The highest BCUT2D eigenvalue weighted by Crippen LogP contribution is 2.34. The van der Waals surface area contributed by atoms with Gasteiger partial charge in [0.2, 0.25) is 0 Å². The Morgan fingerprint density at radius 1 is 1.50 bits per heavy atom. The molecule has 0 atom stereocenters. The third-order valence-electron chi connectivity index (χ3n) is 1.95. The number of nitrogens with zero attached hydrogens (tertiary/aromatic N) is 1. The summed E-state index contributed by atoms with van der Waals surface area (Å²) in [5.74, 6) is 0.764. The molecule has 0 saturated carbocycles. The molecule has 0 saturated heterocycles. The van der Waals surface area contributed by atoms with Crippen molar-refractivity contribution in [2.75, 3.05) is 7.11 Å². The van der Waals surface area contributed by atoms with Gasteiger partial charge in [0.1, 0.15) is 5.75 Å². The number of thiophene rings is 1. The van der Waals surface area contributed by atoms with Gasteiger partial charge in [-0.1, -0.05) is 0 Å². The van der Waals surface area contributed by atoms with Crippen molar-refractivity contribution < 1.29 is 9.66 Å². The molecule has 0 N–H and O–H groups in total. The number of hydrogen-bond acceptors (Lipinski definition) is 4. The Kier molecular flexibility index (Phi) is 2.09. The van der Waals surface area contributed by atoms with Crippen LogP contribution in [0, 0.1) is 10.1 Å². The molecule has 0 fully saturated rings. The third kappa shape index (κ3) is 1.31. The Morgan fingerprint density at radius 2 is 2.29 bits per heavy atom. The number of nitro groups is 1. The van der Waals surface area contributed by atoms with Crippen molar-refractivity contribution in [3.63, 3.8) is 0 Å². The first-order valence-corrected chi connectivity index (χ1v) is 4.80. The van der Waals surface area contributed by atoms with Crippen LogP contribution in [0.2, 0.25) is 0 Å². The summed E-state index contributed by atoms with van der Waals surface area (Å²) in [6, 6.07) is 4.75. The van der Waals surface area contributed by atoms with Crippen LogP contribution < -0.4 is 4.74 Å². The van der Waals surface area contributed by atoms with E-state index in [4.69, 9.17) is 4.74 Å². The number of methoxy groups -OCH3 is 1. The number of benzene rings is 1. The van der Waals surface area contributed by atoms with Gasteiger partial charge in [-0.15, -0.1) is 11.3 Å². The highest BCUT2D eigenvalue weighted by atomic mass is 32.1. The van der Waals surface area contributed by atoms with E-state index in [1.807, 2.05) is 5.38 Å². The minimum atomic E-state index is -0.397. The maximum atomic E-state index is 10.5. The Bertz CT molecular complexity index is 492. The first kappa shape index (κ1) is 8.96. The number of non-ortho nitro benzene ring substituents is 1. The molecule has 2 aromatic rings. The zero-order valence-electron chi connectivity index (χ0n) is 7.39. The lowest BCUT2D eigenvalue weighted by molar-refractivity contribution is -0.384. The van der Waals surface area contributed by atoms with E-state index in [1.54, 1.807) is 19.2 Å². The van der Waals surface area contributed by atoms with Crippen molar-refractivity contribution in [1.82, 2.24) is 0 Å². The van der Waals surface area contributed by atoms with Crippen molar-refractivity contribution in [1.29, 1.82) is 0 Å². The average molecular weight is 209 g/mol. The molecule has 0 aliphatic heterocycles. The van der Waals surface area contributed by atoms with Crippen LogP contribution in [0.25, 0.3) is 10.1 Å². The number of nitro benzene ring substituents is 1. The van der Waals surface area contributed by atoms with E-state index in [0.29, 0.717) is 0 Å². The van der Waals surface area contributed by atoms with Crippen molar-refractivity contribution in [3.8, 4) is 5.75 Å². The van der Waals surface area contributed by atoms with Gasteiger partial charge < -0.3 is 4.74 Å². The molecule has 0 aliphatic carbocycles. The van der Waals surface area contributed by atoms with Gasteiger partial charge in [0.25, 0.3) is 5.69 Å². The fraction of sp³-hybridized carbons (Fsp3) is 0.111. The van der Waals surface area contributed by atoms with Gasteiger partial charge >= 0.3 is 0 Å². The Balaban J connectivity index is 2.63. The molecule has 0 unspecified atom stereocenters. The SMILES string of the molecule is COc1csc2cc([N+](=O)[O-])ccc12. The number of hydrogen-bond donors (Lipinski definition) is 0. The van der Waals surface area contributed by atoms with Gasteiger partial charge in [-0.2, -0.15) is 0 Å². The summed E-state index contributed by atoms with van der Waals surface area (Å²) in [4.78, 5) is 10.1. The largest absolute Gasteiger partial charge is 0.495 e. The van der Waals surface area contributed by atoms with Gasteiger partial charge in [0.05, 0.1) is 12.0 Å². The monoisotopic (exact) mass is 209 g/mol. The van der Waals surface area contributed by atoms with Crippen LogP contribution in [-0.2, 0) is 0 Å². The lowest BCUT2D eigenvalue weighted by atomic mass is 10.2. The summed E-state index contributed by atoms with van der Waals surface area (Å²) in [6.07, 6.45) is 0. The van der Waals surface area contributed by atoms with Crippen molar-refractivity contribution >= 4 is 27.1 Å². The molecule has 72 valence electrons. The number of fused-ring (bicyclic) bond motifs is 1. The standard InChI is InChI=1S/C9H7NO3S/c1-13-8-5-14-9-4-6(10(11)12)2-3-7(8)9/h2-5H,1H3. The fourth-order valence-corrected chi connectivity index (χ4v) is 2.21. The maximum Gasteiger partial charge on any atom is 0.270 e. The second-order valence-electron chi connectivity index (χ2n) is 2.74. The smallest absolute Gasteiger partial charge is 0.270 e. The van der Waals surface area contributed by atoms with Gasteiger partial charge in [0, 0.05) is 27.6 Å². The molecule has 0 aliphatic rings. The molecule has 0 spiro atoms. The Labute approximate surface area is 83.9 Å². The van der Waals surface area contributed by atoms with Crippen LogP contribution in [-0.4, -0.2) is 12.0 Å². The highest BCUT2D eigenvalue weighted by Gasteiger charge is 2.09. The fourth-order valence-electron chi connectivity index (χ4n) is 1.26. The lowest BCUT2D eigenvalue weighted by Crippen LogP contribution is -1.86. The Hall–Kier alpha value is -1.62. The molecule has 14 heavy (non-hydrogen) atoms. The molecule has 1 aromatic carbocycles. The minimum absolute atomic E-state index is 0.113. The summed E-state index contributed by atoms with van der Waals surface area (Å²) < 4.78 is 5.98. The average Bonchev–Trinajstić information content (AvgIpc) is 2.59. The molecule has 0 amide bonds. The first-order chi connectivity index (χ1) is 6.72. The second kappa shape index (κ2) is 3.26. The summed E-state index contributed by atoms with van der Waals surface area (Å²) in [5, 5.41) is 13.3. The molecule has 1 aromatic heterocycles. The second-order valence-corrected chi connectivity index (χ2v) is 3.65. The van der Waals surface area contributed by atoms with Gasteiger partial charge in [-0.05, 0) is 6.07 Å². The van der Waals surface area contributed by atoms with E-state index >= 15 is 0 Å². The zero-order valence-corrected chi connectivity index (χ0v) is 8.21. The Morgan fingerprint density at radius 3 is 2.93 bits per heavy atom. The summed E-state index contributed by atoms with van der Waals surface area (Å²) >= 11 is 1.44. The van der Waals surface area contributed by atoms with Crippen LogP contribution in [0.1, 0.15) is 0 Å². The van der Waals surface area contributed by atoms with Crippen LogP contribution in [0.5, 0.6) is 5.75 Å². The summed E-state index contributed by atoms with van der Waals surface area (Å²) in [7, 11) is 1.59. The van der Waals surface area contributed by atoms with Crippen molar-refractivity contribution in [2.24, 2.45) is 0 Å². The van der Waals surface area contributed by atoms with E-state index in [0.717, 1.165) is 15.8 Å². The number of rotatable bonds is 2. The van der Waals surface area contributed by atoms with E-state index in [2.05, 4.69) is 0 Å². The first-order valence-electron chi connectivity index (χ1n) is 3.92. The molecule has 0 bridgehead atoms. The highest BCUT2D eigenvalue weighted by molar-refractivity contribution is 7.17. The molecule has 2 rings (SSSR count). The summed E-state index contributed by atoms with van der Waals surface area (Å²) in [5.41, 5.74) is 0.113. The molecular weight excluding hydrogens is 202 g/mol. The molecule has 1 heterocycles. The van der Waals surface area contributed by atoms with E-state index in [1.165, 1.54) is 17.4 Å². The van der Waals surface area contributed by atoms with E-state index in [9.17, 15) is 10.1 Å². The third-order valence-corrected chi connectivity index (χ3v) is 2.88. The quantitative estimate of drug-likeness (QED) is 0.564.